The smallest absolute Gasteiger partial charge is 0.248 e. The number of benzene rings is 1. The fraction of sp³-hybridized carbons (Fsp3) is 0.385. The molecule has 1 aliphatic heterocycles. The summed E-state index contributed by atoms with van der Waals surface area (Å²) in [5.74, 6) is -0.423. The van der Waals surface area contributed by atoms with Crippen LogP contribution in [0, 0.1) is 5.92 Å². The highest BCUT2D eigenvalue weighted by Gasteiger charge is 2.20. The molecule has 0 radical (unpaired) electrons. The molecule has 1 fully saturated rings. The van der Waals surface area contributed by atoms with Crippen LogP contribution in [0.1, 0.15) is 23.2 Å². The molecule has 4 N–H and O–H groups in total. The fourth-order valence-electron chi connectivity index (χ4n) is 2.04. The number of rotatable bonds is 3. The molecule has 0 spiro atoms. The zero-order valence-corrected chi connectivity index (χ0v) is 11.3. The van der Waals surface area contributed by atoms with Crippen LogP contribution in [-0.4, -0.2) is 24.9 Å². The molecule has 1 aliphatic rings. The molecule has 1 aromatic rings. The van der Waals surface area contributed by atoms with Crippen LogP contribution in [0.3, 0.4) is 0 Å². The predicted octanol–water partition coefficient (Wildman–Crippen LogP) is 1.15. The Morgan fingerprint density at radius 2 is 1.95 bits per heavy atom. The van der Waals surface area contributed by atoms with Gasteiger partial charge >= 0.3 is 0 Å². The maximum atomic E-state index is 11.9. The van der Waals surface area contributed by atoms with Gasteiger partial charge in [0.1, 0.15) is 0 Å². The van der Waals surface area contributed by atoms with Crippen molar-refractivity contribution in [2.45, 2.75) is 12.8 Å². The maximum Gasteiger partial charge on any atom is 0.248 e. The Bertz CT molecular complexity index is 442. The van der Waals surface area contributed by atoms with Crippen LogP contribution in [-0.2, 0) is 4.79 Å². The molecule has 1 saturated heterocycles. The molecule has 1 heterocycles. The number of carbonyl (C=O) groups is 2. The molecule has 5 nitrogen and oxygen atoms in total. The van der Waals surface area contributed by atoms with Crippen LogP contribution in [0.2, 0.25) is 0 Å². The summed E-state index contributed by atoms with van der Waals surface area (Å²) < 4.78 is 0. The van der Waals surface area contributed by atoms with E-state index in [9.17, 15) is 9.59 Å². The normalized spacial score (nSPS) is 18.2. The number of primary amides is 1. The van der Waals surface area contributed by atoms with Crippen molar-refractivity contribution in [1.29, 1.82) is 0 Å². The van der Waals surface area contributed by atoms with E-state index in [-0.39, 0.29) is 24.2 Å². The highest BCUT2D eigenvalue weighted by Crippen LogP contribution is 2.14. The van der Waals surface area contributed by atoms with Crippen LogP contribution in [0.4, 0.5) is 5.69 Å². The van der Waals surface area contributed by atoms with Gasteiger partial charge in [0.15, 0.2) is 0 Å². The number of hydrogen-bond acceptors (Lipinski definition) is 3. The second-order valence-electron chi connectivity index (χ2n) is 4.47. The number of nitrogens with two attached hydrogens (primary N) is 1. The first-order valence-electron chi connectivity index (χ1n) is 6.08. The third kappa shape index (κ3) is 4.22. The Balaban J connectivity index is 0.00000180. The molecule has 2 rings (SSSR count). The van der Waals surface area contributed by atoms with Crippen molar-refractivity contribution >= 4 is 29.9 Å². The van der Waals surface area contributed by atoms with E-state index in [1.807, 2.05) is 0 Å². The van der Waals surface area contributed by atoms with Crippen molar-refractivity contribution < 1.29 is 9.59 Å². The molecule has 1 aromatic carbocycles. The summed E-state index contributed by atoms with van der Waals surface area (Å²) >= 11 is 0. The summed E-state index contributed by atoms with van der Waals surface area (Å²) in [4.78, 5) is 22.9. The number of piperidine rings is 1. The first-order valence-corrected chi connectivity index (χ1v) is 6.08. The molecule has 2 amide bonds. The number of nitrogens with one attached hydrogen (secondary N) is 2. The first-order chi connectivity index (χ1) is 8.66. The van der Waals surface area contributed by atoms with Gasteiger partial charge in [-0.25, -0.2) is 0 Å². The van der Waals surface area contributed by atoms with Crippen molar-refractivity contribution in [3.8, 4) is 0 Å². The van der Waals surface area contributed by atoms with Crippen LogP contribution >= 0.6 is 12.4 Å². The van der Waals surface area contributed by atoms with Crippen molar-refractivity contribution in [3.05, 3.63) is 29.8 Å². The van der Waals surface area contributed by atoms with E-state index in [4.69, 9.17) is 5.73 Å². The number of amides is 2. The van der Waals surface area contributed by atoms with Gasteiger partial charge in [0.2, 0.25) is 11.8 Å². The van der Waals surface area contributed by atoms with Crippen LogP contribution < -0.4 is 16.4 Å². The standard InChI is InChI=1S/C13H17N3O2.ClH/c14-12(17)9-3-5-11(6-4-9)16-13(18)10-2-1-7-15-8-10;/h3-6,10,15H,1-2,7-8H2,(H2,14,17)(H,16,18);1H/t10-;/m1./s1. The lowest BCUT2D eigenvalue weighted by atomic mass is 9.99. The molecular weight excluding hydrogens is 266 g/mol. The van der Waals surface area contributed by atoms with E-state index < -0.39 is 5.91 Å². The minimum atomic E-state index is -0.468. The molecule has 0 bridgehead atoms. The Hall–Kier alpha value is -1.59. The fourth-order valence-corrected chi connectivity index (χ4v) is 2.04. The molecule has 1 atom stereocenters. The number of anilines is 1. The highest BCUT2D eigenvalue weighted by atomic mass is 35.5. The lowest BCUT2D eigenvalue weighted by Gasteiger charge is -2.21. The van der Waals surface area contributed by atoms with Crippen molar-refractivity contribution in [1.82, 2.24) is 5.32 Å². The Morgan fingerprint density at radius 1 is 1.26 bits per heavy atom. The molecule has 0 unspecified atom stereocenters. The summed E-state index contributed by atoms with van der Waals surface area (Å²) in [6.07, 6.45) is 1.94. The largest absolute Gasteiger partial charge is 0.366 e. The molecule has 6 heteroatoms. The SMILES string of the molecule is Cl.NC(=O)c1ccc(NC(=O)[C@@H]2CCCNC2)cc1. The quantitative estimate of drug-likeness (QED) is 0.778. The minimum Gasteiger partial charge on any atom is -0.366 e. The molecule has 19 heavy (non-hydrogen) atoms. The van der Waals surface area contributed by atoms with Crippen molar-refractivity contribution in [2.24, 2.45) is 11.7 Å². The minimum absolute atomic E-state index is 0. The zero-order valence-electron chi connectivity index (χ0n) is 10.5. The molecule has 0 saturated carbocycles. The van der Waals surface area contributed by atoms with Crippen molar-refractivity contribution in [2.75, 3.05) is 18.4 Å². The van der Waals surface area contributed by atoms with E-state index in [0.717, 1.165) is 25.9 Å². The van der Waals surface area contributed by atoms with E-state index in [2.05, 4.69) is 10.6 Å². The predicted molar refractivity (Wildman–Crippen MR) is 76.4 cm³/mol. The summed E-state index contributed by atoms with van der Waals surface area (Å²) in [6, 6.07) is 6.59. The van der Waals surface area contributed by atoms with Gasteiger partial charge in [-0.2, -0.15) is 0 Å². The number of carbonyl (C=O) groups excluding carboxylic acids is 2. The number of halogens is 1. The zero-order chi connectivity index (χ0) is 13.0. The molecule has 104 valence electrons. The van der Waals surface area contributed by atoms with Gasteiger partial charge in [0, 0.05) is 17.8 Å². The van der Waals surface area contributed by atoms with Gasteiger partial charge in [0.25, 0.3) is 0 Å². The summed E-state index contributed by atoms with van der Waals surface area (Å²) in [5, 5.41) is 6.05. The number of hydrogen-bond donors (Lipinski definition) is 3. The van der Waals surface area contributed by atoms with Crippen LogP contribution in [0.25, 0.3) is 0 Å². The summed E-state index contributed by atoms with van der Waals surface area (Å²) in [5.41, 5.74) is 6.28. The third-order valence-electron chi connectivity index (χ3n) is 3.10. The maximum absolute atomic E-state index is 11.9. The second-order valence-corrected chi connectivity index (χ2v) is 4.47. The average molecular weight is 284 g/mol. The monoisotopic (exact) mass is 283 g/mol. The van der Waals surface area contributed by atoms with Gasteiger partial charge in [-0.15, -0.1) is 12.4 Å². The van der Waals surface area contributed by atoms with Crippen molar-refractivity contribution in [3.63, 3.8) is 0 Å². The Morgan fingerprint density at radius 3 is 2.47 bits per heavy atom. The lowest BCUT2D eigenvalue weighted by Crippen LogP contribution is -2.37. The highest BCUT2D eigenvalue weighted by molar-refractivity contribution is 5.95. The summed E-state index contributed by atoms with van der Waals surface area (Å²) in [7, 11) is 0. The lowest BCUT2D eigenvalue weighted by molar-refractivity contribution is -0.120. The van der Waals surface area contributed by atoms with Gasteiger partial charge in [-0.3, -0.25) is 9.59 Å². The molecular formula is C13H18ClN3O2. The third-order valence-corrected chi connectivity index (χ3v) is 3.10. The van der Waals surface area contributed by atoms with E-state index >= 15 is 0 Å². The average Bonchev–Trinajstić information content (AvgIpc) is 2.40. The van der Waals surface area contributed by atoms with Gasteiger partial charge in [-0.05, 0) is 43.7 Å². The van der Waals surface area contributed by atoms with Gasteiger partial charge in [0.05, 0.1) is 5.92 Å². The Kier molecular flexibility index (Phi) is 5.79. The van der Waals surface area contributed by atoms with Crippen LogP contribution in [0.5, 0.6) is 0 Å². The van der Waals surface area contributed by atoms with E-state index in [1.54, 1.807) is 24.3 Å². The molecule has 0 aliphatic carbocycles. The molecule has 0 aromatic heterocycles. The van der Waals surface area contributed by atoms with Gasteiger partial charge in [-0.1, -0.05) is 0 Å². The van der Waals surface area contributed by atoms with E-state index in [1.165, 1.54) is 0 Å². The topological polar surface area (TPSA) is 84.2 Å². The first kappa shape index (κ1) is 15.5. The second kappa shape index (κ2) is 7.11. The van der Waals surface area contributed by atoms with E-state index in [0.29, 0.717) is 11.3 Å². The van der Waals surface area contributed by atoms with Crippen LogP contribution in [0.15, 0.2) is 24.3 Å². The summed E-state index contributed by atoms with van der Waals surface area (Å²) in [6.45, 7) is 1.71. The Labute approximate surface area is 118 Å². The van der Waals surface area contributed by atoms with Gasteiger partial charge < -0.3 is 16.4 Å².